The minimum absolute atomic E-state index is 0.110. The molecule has 1 aliphatic heterocycles. The number of carbonyl (C=O) groups excluding carboxylic acids is 2. The van der Waals surface area contributed by atoms with Crippen LogP contribution in [-0.2, 0) is 9.59 Å². The Labute approximate surface area is 81.9 Å². The Kier molecular flexibility index (Phi) is 1.34. The molecule has 0 saturated heterocycles. The highest BCUT2D eigenvalue weighted by atomic mass is 16.2. The van der Waals surface area contributed by atoms with Crippen LogP contribution < -0.4 is 5.32 Å². The number of fused-ring (bicyclic) bond motifs is 2. The second-order valence-corrected chi connectivity index (χ2v) is 4.39. The van der Waals surface area contributed by atoms with Crippen molar-refractivity contribution < 1.29 is 9.59 Å². The first-order valence-electron chi connectivity index (χ1n) is 4.96. The van der Waals surface area contributed by atoms with Crippen LogP contribution in [0.15, 0.2) is 23.8 Å². The summed E-state index contributed by atoms with van der Waals surface area (Å²) in [6, 6.07) is 0. The second-order valence-electron chi connectivity index (χ2n) is 4.39. The summed E-state index contributed by atoms with van der Waals surface area (Å²) in [6.07, 6.45) is 8.95. The van der Waals surface area contributed by atoms with E-state index >= 15 is 0 Å². The van der Waals surface area contributed by atoms with Gasteiger partial charge in [-0.2, -0.15) is 0 Å². The Balaban J connectivity index is 2.03. The molecule has 72 valence electrons. The Hall–Kier alpha value is -1.38. The average molecular weight is 189 g/mol. The van der Waals surface area contributed by atoms with Gasteiger partial charge in [0.15, 0.2) is 0 Å². The summed E-state index contributed by atoms with van der Waals surface area (Å²) in [7, 11) is 0. The minimum Gasteiger partial charge on any atom is -0.289 e. The first kappa shape index (κ1) is 7.97. The quantitative estimate of drug-likeness (QED) is 0.492. The molecule has 0 aromatic rings. The number of carbonyl (C=O) groups is 2. The summed E-state index contributed by atoms with van der Waals surface area (Å²) >= 11 is 0. The molecule has 0 radical (unpaired) electrons. The van der Waals surface area contributed by atoms with Crippen LogP contribution in [0.25, 0.3) is 0 Å². The molecule has 1 N–H and O–H groups in total. The van der Waals surface area contributed by atoms with E-state index in [9.17, 15) is 9.59 Å². The van der Waals surface area contributed by atoms with E-state index in [-0.39, 0.29) is 17.2 Å². The zero-order chi connectivity index (χ0) is 9.76. The van der Waals surface area contributed by atoms with Gasteiger partial charge in [-0.15, -0.1) is 0 Å². The molecular formula is C11H11NO2. The van der Waals surface area contributed by atoms with Gasteiger partial charge in [-0.05, 0) is 25.2 Å². The summed E-state index contributed by atoms with van der Waals surface area (Å²) in [5, 5.41) is 2.32. The van der Waals surface area contributed by atoms with E-state index in [1.807, 2.05) is 0 Å². The van der Waals surface area contributed by atoms with Crippen molar-refractivity contribution in [3.05, 3.63) is 23.8 Å². The van der Waals surface area contributed by atoms with Crippen LogP contribution in [0.1, 0.15) is 19.3 Å². The fourth-order valence-electron chi connectivity index (χ4n) is 2.87. The molecule has 3 rings (SSSR count). The van der Waals surface area contributed by atoms with Crippen LogP contribution in [0, 0.1) is 11.3 Å². The van der Waals surface area contributed by atoms with Crippen LogP contribution >= 0.6 is 0 Å². The molecule has 1 saturated carbocycles. The van der Waals surface area contributed by atoms with Crippen LogP contribution in [0.2, 0.25) is 0 Å². The molecule has 0 aromatic carbocycles. The fraction of sp³-hybridized carbons (Fsp3) is 0.455. The van der Waals surface area contributed by atoms with E-state index in [0.717, 1.165) is 19.3 Å². The number of hydrogen-bond acceptors (Lipinski definition) is 2. The Bertz CT molecular complexity index is 394. The Morgan fingerprint density at radius 2 is 2.29 bits per heavy atom. The number of rotatable bonds is 1. The molecule has 3 heteroatoms. The normalized spacial score (nSPS) is 39.1. The number of hydrogen-bond donors (Lipinski definition) is 1. The monoisotopic (exact) mass is 189 g/mol. The smallest absolute Gasteiger partial charge is 0.255 e. The van der Waals surface area contributed by atoms with Gasteiger partial charge in [-0.25, -0.2) is 0 Å². The highest BCUT2D eigenvalue weighted by Crippen LogP contribution is 2.53. The molecule has 2 unspecified atom stereocenters. The van der Waals surface area contributed by atoms with E-state index in [1.165, 1.54) is 6.08 Å². The third-order valence-electron chi connectivity index (χ3n) is 3.57. The lowest BCUT2D eigenvalue weighted by atomic mass is 9.80. The van der Waals surface area contributed by atoms with Crippen molar-refractivity contribution in [3.63, 3.8) is 0 Å². The largest absolute Gasteiger partial charge is 0.289 e. The Morgan fingerprint density at radius 3 is 2.71 bits per heavy atom. The van der Waals surface area contributed by atoms with E-state index in [2.05, 4.69) is 17.5 Å². The van der Waals surface area contributed by atoms with Gasteiger partial charge < -0.3 is 0 Å². The molecule has 0 aromatic heterocycles. The van der Waals surface area contributed by atoms with Gasteiger partial charge in [0.2, 0.25) is 0 Å². The molecule has 3 aliphatic rings. The highest BCUT2D eigenvalue weighted by Gasteiger charge is 2.47. The molecule has 14 heavy (non-hydrogen) atoms. The van der Waals surface area contributed by atoms with E-state index in [4.69, 9.17) is 0 Å². The molecular weight excluding hydrogens is 178 g/mol. The summed E-state index contributed by atoms with van der Waals surface area (Å²) in [4.78, 5) is 22.6. The summed E-state index contributed by atoms with van der Waals surface area (Å²) in [5.41, 5.74) is 0.569. The molecule has 1 fully saturated rings. The minimum atomic E-state index is -0.261. The first-order chi connectivity index (χ1) is 6.70. The van der Waals surface area contributed by atoms with E-state index < -0.39 is 0 Å². The molecule has 1 heterocycles. The number of imide groups is 1. The SMILES string of the molecule is O=C1C=C(C23C=CC(CC2)C3)C(=O)N1. The van der Waals surface area contributed by atoms with Crippen molar-refractivity contribution in [2.24, 2.45) is 11.3 Å². The predicted octanol–water partition coefficient (Wildman–Crippen LogP) is 0.925. The van der Waals surface area contributed by atoms with Gasteiger partial charge in [-0.1, -0.05) is 12.2 Å². The van der Waals surface area contributed by atoms with Gasteiger partial charge in [-0.3, -0.25) is 14.9 Å². The standard InChI is InChI=1S/C11H11NO2/c13-9-5-8(10(14)12-9)11-3-1-7(6-11)2-4-11/h1,3,5,7H,2,4,6H2,(H,12,13,14). The van der Waals surface area contributed by atoms with E-state index in [1.54, 1.807) is 0 Å². The Morgan fingerprint density at radius 1 is 1.43 bits per heavy atom. The highest BCUT2D eigenvalue weighted by molar-refractivity contribution is 6.17. The maximum Gasteiger partial charge on any atom is 0.255 e. The lowest BCUT2D eigenvalue weighted by Gasteiger charge is -2.23. The van der Waals surface area contributed by atoms with Gasteiger partial charge in [0.25, 0.3) is 11.8 Å². The number of allylic oxidation sites excluding steroid dienone is 2. The van der Waals surface area contributed by atoms with Crippen molar-refractivity contribution in [3.8, 4) is 0 Å². The lowest BCUT2D eigenvalue weighted by Crippen LogP contribution is -2.27. The lowest BCUT2D eigenvalue weighted by molar-refractivity contribution is -0.124. The predicted molar refractivity (Wildman–Crippen MR) is 50.1 cm³/mol. The topological polar surface area (TPSA) is 46.2 Å². The van der Waals surface area contributed by atoms with Crippen LogP contribution in [0.3, 0.4) is 0 Å². The molecule has 3 nitrogen and oxygen atoms in total. The fourth-order valence-corrected chi connectivity index (χ4v) is 2.87. The average Bonchev–Trinajstić information content (AvgIpc) is 2.79. The van der Waals surface area contributed by atoms with Gasteiger partial charge >= 0.3 is 0 Å². The molecule has 2 bridgehead atoms. The van der Waals surface area contributed by atoms with Crippen molar-refractivity contribution in [2.75, 3.05) is 0 Å². The van der Waals surface area contributed by atoms with Crippen molar-refractivity contribution in [2.45, 2.75) is 19.3 Å². The summed E-state index contributed by atoms with van der Waals surface area (Å²) in [6.45, 7) is 0. The van der Waals surface area contributed by atoms with Crippen LogP contribution in [-0.4, -0.2) is 11.8 Å². The third kappa shape index (κ3) is 0.870. The zero-order valence-corrected chi connectivity index (χ0v) is 7.75. The van der Waals surface area contributed by atoms with Crippen molar-refractivity contribution in [1.82, 2.24) is 5.32 Å². The zero-order valence-electron chi connectivity index (χ0n) is 7.75. The van der Waals surface area contributed by atoms with Crippen molar-refractivity contribution in [1.29, 1.82) is 0 Å². The van der Waals surface area contributed by atoms with Crippen LogP contribution in [0.5, 0.6) is 0 Å². The summed E-state index contributed by atoms with van der Waals surface area (Å²) < 4.78 is 0. The second kappa shape index (κ2) is 2.35. The molecule has 0 spiro atoms. The van der Waals surface area contributed by atoms with Gasteiger partial charge in [0.1, 0.15) is 0 Å². The molecule has 2 atom stereocenters. The van der Waals surface area contributed by atoms with Crippen molar-refractivity contribution >= 4 is 11.8 Å². The third-order valence-corrected chi connectivity index (χ3v) is 3.57. The van der Waals surface area contributed by atoms with Crippen LogP contribution in [0.4, 0.5) is 0 Å². The van der Waals surface area contributed by atoms with Gasteiger partial charge in [0.05, 0.1) is 0 Å². The molecule has 2 amide bonds. The first-order valence-corrected chi connectivity index (χ1v) is 4.96. The van der Waals surface area contributed by atoms with Gasteiger partial charge in [0, 0.05) is 17.1 Å². The number of nitrogens with one attached hydrogen (secondary N) is 1. The maximum absolute atomic E-state index is 11.5. The number of amides is 2. The molecule has 2 aliphatic carbocycles. The summed E-state index contributed by atoms with van der Waals surface area (Å²) in [5.74, 6) is 0.171. The maximum atomic E-state index is 11.5. The van der Waals surface area contributed by atoms with E-state index in [0.29, 0.717) is 11.5 Å².